The Morgan fingerprint density at radius 3 is 2.86 bits per heavy atom. The highest BCUT2D eigenvalue weighted by molar-refractivity contribution is 7.99. The van der Waals surface area contributed by atoms with Crippen LogP contribution in [0, 0.1) is 0 Å². The van der Waals surface area contributed by atoms with Gasteiger partial charge in [0.25, 0.3) is 0 Å². The smallest absolute Gasteiger partial charge is 0.224 e. The van der Waals surface area contributed by atoms with E-state index in [9.17, 15) is 4.79 Å². The third-order valence-electron chi connectivity index (χ3n) is 3.55. The second-order valence-corrected chi connectivity index (χ2v) is 6.67. The van der Waals surface area contributed by atoms with E-state index in [-0.39, 0.29) is 11.9 Å². The molecule has 0 aromatic heterocycles. The van der Waals surface area contributed by atoms with E-state index in [1.54, 1.807) is 0 Å². The van der Waals surface area contributed by atoms with Crippen LogP contribution in [0.4, 0.5) is 0 Å². The molecule has 0 bridgehead atoms. The van der Waals surface area contributed by atoms with Crippen LogP contribution in [0.3, 0.4) is 0 Å². The maximum Gasteiger partial charge on any atom is 0.224 e. The van der Waals surface area contributed by atoms with E-state index in [1.165, 1.54) is 4.90 Å². The second kappa shape index (κ2) is 6.54. The van der Waals surface area contributed by atoms with Gasteiger partial charge in [-0.3, -0.25) is 4.79 Å². The highest BCUT2D eigenvalue weighted by atomic mass is 35.5. The van der Waals surface area contributed by atoms with E-state index in [1.807, 2.05) is 60.3 Å². The molecule has 1 heterocycles. The van der Waals surface area contributed by atoms with Crippen molar-refractivity contribution in [3.8, 4) is 0 Å². The van der Waals surface area contributed by atoms with Gasteiger partial charge < -0.3 is 5.32 Å². The molecule has 2 aromatic rings. The Morgan fingerprint density at radius 2 is 2.05 bits per heavy atom. The first kappa shape index (κ1) is 14.5. The largest absolute Gasteiger partial charge is 0.349 e. The highest BCUT2D eigenvalue weighted by Crippen LogP contribution is 2.37. The minimum Gasteiger partial charge on any atom is -0.349 e. The Balaban J connectivity index is 1.71. The summed E-state index contributed by atoms with van der Waals surface area (Å²) in [7, 11) is 0. The van der Waals surface area contributed by atoms with Crippen molar-refractivity contribution >= 4 is 29.3 Å². The molecule has 2 aromatic carbocycles. The molecule has 1 N–H and O–H groups in total. The number of benzene rings is 2. The maximum absolute atomic E-state index is 12.2. The van der Waals surface area contributed by atoms with Crippen molar-refractivity contribution in [2.75, 3.05) is 5.75 Å². The van der Waals surface area contributed by atoms with Gasteiger partial charge in [-0.05, 0) is 35.7 Å². The lowest BCUT2D eigenvalue weighted by Crippen LogP contribution is -2.31. The zero-order chi connectivity index (χ0) is 14.7. The molecule has 1 aliphatic rings. The summed E-state index contributed by atoms with van der Waals surface area (Å²) in [4.78, 5) is 13.4. The van der Waals surface area contributed by atoms with Gasteiger partial charge in [0.15, 0.2) is 0 Å². The molecule has 0 radical (unpaired) electrons. The summed E-state index contributed by atoms with van der Waals surface area (Å²) in [5.74, 6) is 1.08. The predicted molar refractivity (Wildman–Crippen MR) is 87.8 cm³/mol. The molecule has 1 atom stereocenters. The van der Waals surface area contributed by atoms with Crippen molar-refractivity contribution in [2.24, 2.45) is 0 Å². The molecule has 0 saturated heterocycles. The summed E-state index contributed by atoms with van der Waals surface area (Å²) in [6.07, 6.45) is 1.36. The molecule has 2 nitrogen and oxygen atoms in total. The van der Waals surface area contributed by atoms with Crippen molar-refractivity contribution in [1.29, 1.82) is 0 Å². The third-order valence-corrected chi connectivity index (χ3v) is 4.91. The fourth-order valence-electron chi connectivity index (χ4n) is 2.54. The fourth-order valence-corrected chi connectivity index (χ4v) is 3.83. The molecule has 1 amide bonds. The minimum atomic E-state index is 0.0593. The number of fused-ring (bicyclic) bond motifs is 1. The first-order valence-electron chi connectivity index (χ1n) is 6.98. The van der Waals surface area contributed by atoms with Crippen LogP contribution in [0.2, 0.25) is 5.02 Å². The molecule has 21 heavy (non-hydrogen) atoms. The van der Waals surface area contributed by atoms with Gasteiger partial charge in [0.05, 0.1) is 12.5 Å². The molecule has 0 saturated carbocycles. The van der Waals surface area contributed by atoms with Gasteiger partial charge >= 0.3 is 0 Å². The fraction of sp³-hybridized carbons (Fsp3) is 0.235. The molecule has 0 aliphatic carbocycles. The summed E-state index contributed by atoms with van der Waals surface area (Å²) in [5.41, 5.74) is 2.17. The van der Waals surface area contributed by atoms with E-state index in [2.05, 4.69) is 5.32 Å². The first-order chi connectivity index (χ1) is 10.2. The molecule has 4 heteroatoms. The van der Waals surface area contributed by atoms with Crippen molar-refractivity contribution in [2.45, 2.75) is 23.8 Å². The van der Waals surface area contributed by atoms with Crippen LogP contribution in [-0.4, -0.2) is 11.7 Å². The molecule has 0 spiro atoms. The Bertz CT molecular complexity index is 644. The molecule has 0 fully saturated rings. The SMILES string of the molecule is O=C(Cc1ccccc1)N[C@H]1CCSc2ccc(Cl)cc21. The molecular formula is C17H16ClNOS. The Kier molecular flexibility index (Phi) is 4.51. The lowest BCUT2D eigenvalue weighted by atomic mass is 10.0. The quantitative estimate of drug-likeness (QED) is 0.917. The van der Waals surface area contributed by atoms with Crippen molar-refractivity contribution in [3.63, 3.8) is 0 Å². The number of carbonyl (C=O) groups excluding carboxylic acids is 1. The molecule has 3 rings (SSSR count). The monoisotopic (exact) mass is 317 g/mol. The zero-order valence-corrected chi connectivity index (χ0v) is 13.1. The minimum absolute atomic E-state index is 0.0593. The lowest BCUT2D eigenvalue weighted by Gasteiger charge is -2.26. The van der Waals surface area contributed by atoms with Gasteiger partial charge in [0.2, 0.25) is 5.91 Å². The van der Waals surface area contributed by atoms with Crippen molar-refractivity contribution in [1.82, 2.24) is 5.32 Å². The van der Waals surface area contributed by atoms with E-state index in [0.717, 1.165) is 28.3 Å². The van der Waals surface area contributed by atoms with Crippen LogP contribution < -0.4 is 5.32 Å². The van der Waals surface area contributed by atoms with E-state index in [0.29, 0.717) is 6.42 Å². The Hall–Kier alpha value is -1.45. The Labute approximate surface area is 133 Å². The molecule has 108 valence electrons. The average molecular weight is 318 g/mol. The van der Waals surface area contributed by atoms with E-state index in [4.69, 9.17) is 11.6 Å². The summed E-state index contributed by atoms with van der Waals surface area (Å²) < 4.78 is 0. The topological polar surface area (TPSA) is 29.1 Å². The van der Waals surface area contributed by atoms with E-state index < -0.39 is 0 Å². The standard InChI is InChI=1S/C17H16ClNOS/c18-13-6-7-16-14(11-13)15(8-9-21-16)19-17(20)10-12-4-2-1-3-5-12/h1-7,11,15H,8-10H2,(H,19,20)/t15-/m0/s1. The maximum atomic E-state index is 12.2. The number of rotatable bonds is 3. The van der Waals surface area contributed by atoms with Crippen molar-refractivity contribution < 1.29 is 4.79 Å². The Morgan fingerprint density at radius 1 is 1.24 bits per heavy atom. The number of nitrogens with one attached hydrogen (secondary N) is 1. The molecule has 0 unspecified atom stereocenters. The third kappa shape index (κ3) is 3.60. The zero-order valence-electron chi connectivity index (χ0n) is 11.5. The number of carbonyl (C=O) groups is 1. The first-order valence-corrected chi connectivity index (χ1v) is 8.34. The predicted octanol–water partition coefficient (Wildman–Crippen LogP) is 4.24. The number of amides is 1. The highest BCUT2D eigenvalue weighted by Gasteiger charge is 2.22. The molecular weight excluding hydrogens is 302 g/mol. The van der Waals surface area contributed by atoms with Gasteiger partial charge in [-0.1, -0.05) is 41.9 Å². The lowest BCUT2D eigenvalue weighted by molar-refractivity contribution is -0.121. The van der Waals surface area contributed by atoms with Gasteiger partial charge in [-0.2, -0.15) is 0 Å². The van der Waals surface area contributed by atoms with Crippen molar-refractivity contribution in [3.05, 3.63) is 64.7 Å². The van der Waals surface area contributed by atoms with Gasteiger partial charge in [-0.15, -0.1) is 11.8 Å². The van der Waals surface area contributed by atoms with Gasteiger partial charge in [-0.25, -0.2) is 0 Å². The number of halogens is 1. The van der Waals surface area contributed by atoms with Crippen LogP contribution in [0.25, 0.3) is 0 Å². The number of hydrogen-bond acceptors (Lipinski definition) is 2. The average Bonchev–Trinajstić information content (AvgIpc) is 2.49. The van der Waals surface area contributed by atoms with Gasteiger partial charge in [0.1, 0.15) is 0 Å². The van der Waals surface area contributed by atoms with Crippen LogP contribution in [0.5, 0.6) is 0 Å². The van der Waals surface area contributed by atoms with Crippen LogP contribution in [0.15, 0.2) is 53.4 Å². The summed E-state index contributed by atoms with van der Waals surface area (Å²) in [6.45, 7) is 0. The number of thioether (sulfide) groups is 1. The summed E-state index contributed by atoms with van der Waals surface area (Å²) in [6, 6.07) is 15.8. The van der Waals surface area contributed by atoms with Crippen LogP contribution >= 0.6 is 23.4 Å². The van der Waals surface area contributed by atoms with E-state index >= 15 is 0 Å². The summed E-state index contributed by atoms with van der Waals surface area (Å²) in [5, 5.41) is 3.86. The summed E-state index contributed by atoms with van der Waals surface area (Å²) >= 11 is 7.91. The van der Waals surface area contributed by atoms with Crippen LogP contribution in [0.1, 0.15) is 23.6 Å². The second-order valence-electron chi connectivity index (χ2n) is 5.10. The molecule has 1 aliphatic heterocycles. The normalized spacial score (nSPS) is 17.1. The van der Waals surface area contributed by atoms with Crippen LogP contribution in [-0.2, 0) is 11.2 Å². The van der Waals surface area contributed by atoms with Gasteiger partial charge in [0, 0.05) is 15.7 Å². The number of hydrogen-bond donors (Lipinski definition) is 1.